The van der Waals surface area contributed by atoms with Crippen molar-refractivity contribution in [3.63, 3.8) is 0 Å². The molecule has 5 nitrogen and oxygen atoms in total. The topological polar surface area (TPSA) is 79.1 Å². The number of rotatable bonds is 3. The second-order valence-corrected chi connectivity index (χ2v) is 6.24. The first kappa shape index (κ1) is 15.8. The van der Waals surface area contributed by atoms with Gasteiger partial charge in [-0.1, -0.05) is 17.7 Å². The van der Waals surface area contributed by atoms with E-state index < -0.39 is 5.60 Å². The molecule has 0 aliphatic rings. The fraction of sp³-hybridized carbons (Fsp3) is 0.235. The van der Waals surface area contributed by atoms with Crippen LogP contribution in [0.1, 0.15) is 25.2 Å². The van der Waals surface area contributed by atoms with Gasteiger partial charge in [-0.2, -0.15) is 0 Å². The molecular weight excluding hydrogens is 314 g/mol. The van der Waals surface area contributed by atoms with E-state index in [-0.39, 0.29) is 6.61 Å². The summed E-state index contributed by atoms with van der Waals surface area (Å²) < 4.78 is 0. The van der Waals surface area contributed by atoms with Crippen molar-refractivity contribution in [2.75, 3.05) is 0 Å². The Labute approximate surface area is 138 Å². The van der Waals surface area contributed by atoms with E-state index in [9.17, 15) is 10.2 Å². The second-order valence-electron chi connectivity index (χ2n) is 5.83. The third kappa shape index (κ3) is 3.03. The molecule has 0 unspecified atom stereocenters. The molecule has 0 amide bonds. The summed E-state index contributed by atoms with van der Waals surface area (Å²) in [6.07, 6.45) is 4.87. The fourth-order valence-corrected chi connectivity index (χ4v) is 2.57. The van der Waals surface area contributed by atoms with Crippen LogP contribution in [0.2, 0.25) is 5.02 Å². The summed E-state index contributed by atoms with van der Waals surface area (Å²) in [6.45, 7) is 3.12. The van der Waals surface area contributed by atoms with Gasteiger partial charge in [0.1, 0.15) is 5.60 Å². The van der Waals surface area contributed by atoms with E-state index in [0.29, 0.717) is 16.4 Å². The quantitative estimate of drug-likeness (QED) is 0.772. The van der Waals surface area contributed by atoms with Gasteiger partial charge in [-0.3, -0.25) is 4.98 Å². The van der Waals surface area contributed by atoms with Gasteiger partial charge in [0.05, 0.1) is 17.1 Å². The number of nitrogens with zero attached hydrogens (tertiary/aromatic N) is 3. The molecule has 0 aliphatic heterocycles. The van der Waals surface area contributed by atoms with Crippen molar-refractivity contribution in [2.24, 2.45) is 0 Å². The zero-order valence-corrected chi connectivity index (χ0v) is 13.5. The molecular formula is C17H16ClN3O2. The van der Waals surface area contributed by atoms with Crippen molar-refractivity contribution in [3.05, 3.63) is 53.2 Å². The van der Waals surface area contributed by atoms with Crippen LogP contribution in [0.3, 0.4) is 0 Å². The SMILES string of the molecule is CC(C)(O)c1ncc(-c2ccc3ncc(Cl)c(CO)c3c2)cn1. The van der Waals surface area contributed by atoms with Gasteiger partial charge in [0.15, 0.2) is 5.82 Å². The molecule has 2 N–H and O–H groups in total. The first-order valence-corrected chi connectivity index (χ1v) is 7.51. The van der Waals surface area contributed by atoms with Gasteiger partial charge < -0.3 is 10.2 Å². The summed E-state index contributed by atoms with van der Waals surface area (Å²) in [5.41, 5.74) is 2.02. The van der Waals surface area contributed by atoms with Crippen LogP contribution in [-0.2, 0) is 12.2 Å². The van der Waals surface area contributed by atoms with E-state index in [0.717, 1.165) is 22.0 Å². The summed E-state index contributed by atoms with van der Waals surface area (Å²) in [4.78, 5) is 12.7. The highest BCUT2D eigenvalue weighted by molar-refractivity contribution is 6.32. The predicted molar refractivity (Wildman–Crippen MR) is 88.9 cm³/mol. The molecule has 0 saturated carbocycles. The number of aromatic nitrogens is 3. The van der Waals surface area contributed by atoms with Gasteiger partial charge in [0, 0.05) is 35.1 Å². The van der Waals surface area contributed by atoms with Crippen LogP contribution in [0.15, 0.2) is 36.8 Å². The second kappa shape index (κ2) is 5.85. The Morgan fingerprint density at radius 3 is 2.35 bits per heavy atom. The minimum Gasteiger partial charge on any atom is -0.392 e. The zero-order valence-electron chi connectivity index (χ0n) is 12.8. The van der Waals surface area contributed by atoms with Crippen LogP contribution in [0.4, 0.5) is 0 Å². The Morgan fingerprint density at radius 1 is 1.04 bits per heavy atom. The van der Waals surface area contributed by atoms with E-state index in [4.69, 9.17) is 11.6 Å². The van der Waals surface area contributed by atoms with Crippen molar-refractivity contribution < 1.29 is 10.2 Å². The summed E-state index contributed by atoms with van der Waals surface area (Å²) in [5, 5.41) is 20.7. The monoisotopic (exact) mass is 329 g/mol. The molecule has 2 heterocycles. The van der Waals surface area contributed by atoms with Crippen LogP contribution in [0.5, 0.6) is 0 Å². The van der Waals surface area contributed by atoms with Gasteiger partial charge in [0.2, 0.25) is 0 Å². The molecule has 0 aliphatic carbocycles. The highest BCUT2D eigenvalue weighted by Gasteiger charge is 2.19. The lowest BCUT2D eigenvalue weighted by molar-refractivity contribution is 0.0687. The molecule has 23 heavy (non-hydrogen) atoms. The largest absolute Gasteiger partial charge is 0.392 e. The lowest BCUT2D eigenvalue weighted by Crippen LogP contribution is -2.19. The predicted octanol–water partition coefficient (Wildman–Crippen LogP) is 3.06. The smallest absolute Gasteiger partial charge is 0.159 e. The van der Waals surface area contributed by atoms with E-state index in [1.54, 1.807) is 26.2 Å². The minimum absolute atomic E-state index is 0.157. The highest BCUT2D eigenvalue weighted by atomic mass is 35.5. The average molecular weight is 330 g/mol. The first-order valence-electron chi connectivity index (χ1n) is 7.13. The van der Waals surface area contributed by atoms with E-state index in [1.807, 2.05) is 18.2 Å². The number of aliphatic hydroxyl groups excluding tert-OH is 1. The molecule has 0 saturated heterocycles. The number of hydrogen-bond donors (Lipinski definition) is 2. The van der Waals surface area contributed by atoms with Crippen LogP contribution in [0.25, 0.3) is 22.0 Å². The third-order valence-corrected chi connectivity index (χ3v) is 3.94. The molecule has 2 aromatic heterocycles. The molecule has 3 rings (SSSR count). The minimum atomic E-state index is -1.08. The normalized spacial score (nSPS) is 11.9. The standard InChI is InChI=1S/C17H16ClN3O2/c1-17(2,23)16-20-6-11(7-21-16)10-3-4-15-12(5-10)13(9-22)14(18)8-19-15/h3-8,22-23H,9H2,1-2H3. The van der Waals surface area contributed by atoms with Crippen molar-refractivity contribution in [1.82, 2.24) is 15.0 Å². The van der Waals surface area contributed by atoms with Crippen molar-refractivity contribution in [2.45, 2.75) is 26.1 Å². The van der Waals surface area contributed by atoms with Crippen LogP contribution >= 0.6 is 11.6 Å². The Hall–Kier alpha value is -2.08. The van der Waals surface area contributed by atoms with E-state index in [2.05, 4.69) is 15.0 Å². The fourth-order valence-electron chi connectivity index (χ4n) is 2.36. The summed E-state index contributed by atoms with van der Waals surface area (Å²) in [7, 11) is 0. The molecule has 0 atom stereocenters. The Kier molecular flexibility index (Phi) is 4.02. The molecule has 0 fully saturated rings. The Bertz CT molecular complexity index is 858. The first-order chi connectivity index (χ1) is 10.9. The Balaban J connectivity index is 2.10. The van der Waals surface area contributed by atoms with E-state index in [1.165, 1.54) is 6.20 Å². The maximum Gasteiger partial charge on any atom is 0.159 e. The number of aliphatic hydroxyl groups is 2. The van der Waals surface area contributed by atoms with Gasteiger partial charge in [-0.15, -0.1) is 0 Å². The van der Waals surface area contributed by atoms with Gasteiger partial charge >= 0.3 is 0 Å². The number of benzene rings is 1. The number of pyridine rings is 1. The molecule has 0 radical (unpaired) electrons. The average Bonchev–Trinajstić information content (AvgIpc) is 2.53. The van der Waals surface area contributed by atoms with E-state index >= 15 is 0 Å². The maximum absolute atomic E-state index is 9.91. The summed E-state index contributed by atoms with van der Waals surface area (Å²) in [6, 6.07) is 5.68. The van der Waals surface area contributed by atoms with Gasteiger partial charge in [0.25, 0.3) is 0 Å². The molecule has 0 spiro atoms. The molecule has 118 valence electrons. The maximum atomic E-state index is 9.91. The molecule has 3 aromatic rings. The number of hydrogen-bond acceptors (Lipinski definition) is 5. The molecule has 1 aromatic carbocycles. The number of halogens is 1. The van der Waals surface area contributed by atoms with Crippen molar-refractivity contribution in [1.29, 1.82) is 0 Å². The molecule has 6 heteroatoms. The lowest BCUT2D eigenvalue weighted by atomic mass is 10.0. The van der Waals surface area contributed by atoms with Crippen molar-refractivity contribution >= 4 is 22.5 Å². The van der Waals surface area contributed by atoms with Crippen molar-refractivity contribution in [3.8, 4) is 11.1 Å². The summed E-state index contributed by atoms with van der Waals surface area (Å²) in [5.74, 6) is 0.364. The third-order valence-electron chi connectivity index (χ3n) is 3.62. The molecule has 0 bridgehead atoms. The number of fused-ring (bicyclic) bond motifs is 1. The Morgan fingerprint density at radius 2 is 1.74 bits per heavy atom. The van der Waals surface area contributed by atoms with Gasteiger partial charge in [-0.25, -0.2) is 9.97 Å². The van der Waals surface area contributed by atoms with Crippen LogP contribution in [-0.4, -0.2) is 25.2 Å². The van der Waals surface area contributed by atoms with Crippen LogP contribution in [0, 0.1) is 0 Å². The highest BCUT2D eigenvalue weighted by Crippen LogP contribution is 2.29. The zero-order chi connectivity index (χ0) is 16.6. The summed E-state index contributed by atoms with van der Waals surface area (Å²) >= 11 is 6.10. The van der Waals surface area contributed by atoms with Crippen LogP contribution < -0.4 is 0 Å². The van der Waals surface area contributed by atoms with Gasteiger partial charge in [-0.05, 0) is 31.5 Å². The lowest BCUT2D eigenvalue weighted by Gasteiger charge is -2.15.